The van der Waals surface area contributed by atoms with Crippen LogP contribution in [0.5, 0.6) is 5.75 Å². The fraction of sp³-hybridized carbons (Fsp3) is 0. The summed E-state index contributed by atoms with van der Waals surface area (Å²) >= 11 is 4.69. The van der Waals surface area contributed by atoms with Crippen LogP contribution in [0.25, 0.3) is 10.6 Å². The van der Waals surface area contributed by atoms with E-state index in [2.05, 4.69) is 31.1 Å². The number of nitrogen functional groups attached to an aromatic ring is 1. The van der Waals surface area contributed by atoms with E-state index in [1.807, 2.05) is 24.3 Å². The second kappa shape index (κ2) is 6.25. The lowest BCUT2D eigenvalue weighted by Gasteiger charge is -2.00. The van der Waals surface area contributed by atoms with Crippen molar-refractivity contribution in [3.05, 3.63) is 52.5 Å². The van der Waals surface area contributed by atoms with E-state index in [0.29, 0.717) is 10.7 Å². The van der Waals surface area contributed by atoms with E-state index >= 15 is 0 Å². The summed E-state index contributed by atoms with van der Waals surface area (Å²) in [6.07, 6.45) is 1.62. The van der Waals surface area contributed by atoms with Gasteiger partial charge >= 0.3 is 0 Å². The van der Waals surface area contributed by atoms with E-state index in [1.54, 1.807) is 24.4 Å². The predicted molar refractivity (Wildman–Crippen MR) is 92.8 cm³/mol. The first-order valence-corrected chi connectivity index (χ1v) is 7.95. The van der Waals surface area contributed by atoms with Crippen molar-refractivity contribution in [1.29, 1.82) is 0 Å². The molecule has 3 aromatic rings. The maximum atomic E-state index is 9.81. The number of aliphatic imine (C=N–C) groups is 1. The number of benzene rings is 2. The lowest BCUT2D eigenvalue weighted by Crippen LogP contribution is -1.82. The molecule has 2 aromatic carbocycles. The highest BCUT2D eigenvalue weighted by molar-refractivity contribution is 9.10. The predicted octanol–water partition coefficient (Wildman–Crippen LogP) is 4.01. The first kappa shape index (κ1) is 14.7. The van der Waals surface area contributed by atoms with Crippen LogP contribution in [0, 0.1) is 0 Å². The molecule has 0 atom stereocenters. The van der Waals surface area contributed by atoms with Crippen LogP contribution in [0.1, 0.15) is 5.56 Å². The molecule has 0 unspecified atom stereocenters. The maximum absolute atomic E-state index is 9.81. The van der Waals surface area contributed by atoms with Crippen molar-refractivity contribution in [3.8, 4) is 16.3 Å². The first-order valence-electron chi connectivity index (χ1n) is 6.34. The van der Waals surface area contributed by atoms with Crippen LogP contribution >= 0.6 is 27.3 Å². The molecule has 0 spiro atoms. The van der Waals surface area contributed by atoms with Gasteiger partial charge in [0.15, 0.2) is 0 Å². The minimum atomic E-state index is 0.181. The normalized spacial score (nSPS) is 11.1. The van der Waals surface area contributed by atoms with Crippen LogP contribution in [0.15, 0.2) is 51.9 Å². The van der Waals surface area contributed by atoms with Crippen LogP contribution < -0.4 is 5.73 Å². The van der Waals surface area contributed by atoms with Gasteiger partial charge in [-0.1, -0.05) is 39.4 Å². The molecule has 110 valence electrons. The van der Waals surface area contributed by atoms with Crippen molar-refractivity contribution in [2.45, 2.75) is 0 Å². The Labute approximate surface area is 139 Å². The molecule has 0 aliphatic heterocycles. The Balaban J connectivity index is 1.89. The number of phenolic OH excluding ortho intramolecular Hbond substituents is 1. The SMILES string of the molecule is Nc1nnc(-c2cccc(N=Cc3cc(Br)ccc3O)c2)s1. The third-order valence-electron chi connectivity index (χ3n) is 2.88. The monoisotopic (exact) mass is 374 g/mol. The summed E-state index contributed by atoms with van der Waals surface area (Å²) in [5, 5.41) is 18.8. The van der Waals surface area contributed by atoms with Gasteiger partial charge in [0.05, 0.1) is 5.69 Å². The zero-order valence-corrected chi connectivity index (χ0v) is 13.7. The van der Waals surface area contributed by atoms with Crippen LogP contribution in [-0.2, 0) is 0 Å². The quantitative estimate of drug-likeness (QED) is 0.678. The van der Waals surface area contributed by atoms with Gasteiger partial charge in [0.2, 0.25) is 5.13 Å². The molecule has 1 aromatic heterocycles. The molecule has 0 saturated carbocycles. The molecular formula is C15H11BrN4OS. The number of anilines is 1. The molecule has 3 rings (SSSR count). The van der Waals surface area contributed by atoms with Gasteiger partial charge in [-0.3, -0.25) is 4.99 Å². The number of halogens is 1. The molecule has 1 heterocycles. The number of nitrogens with zero attached hydrogens (tertiary/aromatic N) is 3. The summed E-state index contributed by atoms with van der Waals surface area (Å²) in [5.41, 5.74) is 7.90. The third kappa shape index (κ3) is 3.32. The molecule has 0 aliphatic rings. The van der Waals surface area contributed by atoms with Gasteiger partial charge in [-0.05, 0) is 30.3 Å². The van der Waals surface area contributed by atoms with Crippen molar-refractivity contribution in [1.82, 2.24) is 10.2 Å². The lowest BCUT2D eigenvalue weighted by atomic mass is 10.2. The molecule has 0 aliphatic carbocycles. The van der Waals surface area contributed by atoms with Gasteiger partial charge in [-0.25, -0.2) is 0 Å². The molecule has 0 saturated heterocycles. The minimum absolute atomic E-state index is 0.181. The van der Waals surface area contributed by atoms with Gasteiger partial charge in [-0.15, -0.1) is 10.2 Å². The topological polar surface area (TPSA) is 84.4 Å². The molecule has 0 radical (unpaired) electrons. The molecule has 7 heteroatoms. The Bertz CT molecular complexity index is 847. The van der Waals surface area contributed by atoms with Gasteiger partial charge in [0, 0.05) is 21.8 Å². The Morgan fingerprint density at radius 2 is 2.05 bits per heavy atom. The maximum Gasteiger partial charge on any atom is 0.203 e. The molecule has 22 heavy (non-hydrogen) atoms. The summed E-state index contributed by atoms with van der Waals surface area (Å²) in [5.74, 6) is 0.181. The minimum Gasteiger partial charge on any atom is -0.507 e. The van der Waals surface area contributed by atoms with Crippen molar-refractivity contribution in [3.63, 3.8) is 0 Å². The van der Waals surface area contributed by atoms with Crippen molar-refractivity contribution in [2.24, 2.45) is 4.99 Å². The Hall–Kier alpha value is -2.25. The Morgan fingerprint density at radius 1 is 1.18 bits per heavy atom. The Kier molecular flexibility index (Phi) is 4.17. The number of rotatable bonds is 3. The molecular weight excluding hydrogens is 364 g/mol. The summed E-state index contributed by atoms with van der Waals surface area (Å²) in [7, 11) is 0. The third-order valence-corrected chi connectivity index (χ3v) is 4.17. The highest BCUT2D eigenvalue weighted by Gasteiger charge is 2.05. The summed E-state index contributed by atoms with van der Waals surface area (Å²) in [6, 6.07) is 12.8. The van der Waals surface area contributed by atoms with E-state index < -0.39 is 0 Å². The van der Waals surface area contributed by atoms with Gasteiger partial charge < -0.3 is 10.8 Å². The molecule has 5 nitrogen and oxygen atoms in total. The fourth-order valence-corrected chi connectivity index (χ4v) is 2.83. The molecule has 0 fully saturated rings. The average Bonchev–Trinajstić information content (AvgIpc) is 2.95. The van der Waals surface area contributed by atoms with Crippen LogP contribution in [0.3, 0.4) is 0 Å². The molecule has 0 bridgehead atoms. The van der Waals surface area contributed by atoms with E-state index in [1.165, 1.54) is 11.3 Å². The van der Waals surface area contributed by atoms with Crippen LogP contribution in [0.4, 0.5) is 10.8 Å². The van der Waals surface area contributed by atoms with E-state index in [9.17, 15) is 5.11 Å². The first-order chi connectivity index (χ1) is 10.6. The second-order valence-electron chi connectivity index (χ2n) is 4.46. The van der Waals surface area contributed by atoms with Crippen LogP contribution in [-0.4, -0.2) is 21.5 Å². The smallest absolute Gasteiger partial charge is 0.203 e. The number of phenols is 1. The van der Waals surface area contributed by atoms with E-state index in [-0.39, 0.29) is 5.75 Å². The standard InChI is InChI=1S/C15H11BrN4OS/c16-11-4-5-13(21)10(6-11)8-18-12-3-1-2-9(7-12)14-19-20-15(17)22-14/h1-8,21H,(H2,17,20). The zero-order chi connectivity index (χ0) is 15.5. The number of nitrogens with two attached hydrogens (primary N) is 1. The van der Waals surface area contributed by atoms with Crippen molar-refractivity contribution in [2.75, 3.05) is 5.73 Å². The van der Waals surface area contributed by atoms with E-state index in [4.69, 9.17) is 5.73 Å². The zero-order valence-electron chi connectivity index (χ0n) is 11.3. The van der Waals surface area contributed by atoms with E-state index in [0.717, 1.165) is 20.7 Å². The summed E-state index contributed by atoms with van der Waals surface area (Å²) in [4.78, 5) is 4.39. The highest BCUT2D eigenvalue weighted by atomic mass is 79.9. The van der Waals surface area contributed by atoms with Gasteiger partial charge in [0.1, 0.15) is 10.8 Å². The highest BCUT2D eigenvalue weighted by Crippen LogP contribution is 2.28. The van der Waals surface area contributed by atoms with Gasteiger partial charge in [0.25, 0.3) is 0 Å². The molecule has 0 amide bonds. The Morgan fingerprint density at radius 3 is 2.82 bits per heavy atom. The van der Waals surface area contributed by atoms with Gasteiger partial charge in [-0.2, -0.15) is 0 Å². The summed E-state index contributed by atoms with van der Waals surface area (Å²) in [6.45, 7) is 0. The number of aromatic nitrogens is 2. The van der Waals surface area contributed by atoms with Crippen molar-refractivity contribution >= 4 is 44.3 Å². The second-order valence-corrected chi connectivity index (χ2v) is 6.38. The number of aromatic hydroxyl groups is 1. The number of hydrogen-bond acceptors (Lipinski definition) is 6. The molecule has 3 N–H and O–H groups in total. The van der Waals surface area contributed by atoms with Crippen LogP contribution in [0.2, 0.25) is 0 Å². The van der Waals surface area contributed by atoms with Crippen molar-refractivity contribution < 1.29 is 5.11 Å². The average molecular weight is 375 g/mol. The summed E-state index contributed by atoms with van der Waals surface area (Å²) < 4.78 is 0.879. The fourth-order valence-electron chi connectivity index (χ4n) is 1.84. The largest absolute Gasteiger partial charge is 0.507 e. The number of hydrogen-bond donors (Lipinski definition) is 2. The lowest BCUT2D eigenvalue weighted by molar-refractivity contribution is 0.474.